The van der Waals surface area contributed by atoms with Crippen LogP contribution in [0.1, 0.15) is 26.3 Å². The molecule has 3 aromatic rings. The van der Waals surface area contributed by atoms with Crippen LogP contribution in [0.4, 0.5) is 17.1 Å². The second-order valence-electron chi connectivity index (χ2n) is 6.73. The number of nitrogens with one attached hydrogen (secondary N) is 3. The minimum atomic E-state index is -0.297. The van der Waals surface area contributed by atoms with E-state index in [1.165, 1.54) is 5.56 Å². The average molecular weight is 387 g/mol. The van der Waals surface area contributed by atoms with Crippen LogP contribution in [0.2, 0.25) is 0 Å². The van der Waals surface area contributed by atoms with Crippen LogP contribution in [0, 0.1) is 0 Å². The molecule has 0 saturated heterocycles. The van der Waals surface area contributed by atoms with Crippen LogP contribution >= 0.6 is 0 Å². The molecular formula is C23H21N3O3. The number of para-hydroxylation sites is 1. The number of anilines is 3. The third kappa shape index (κ3) is 4.06. The van der Waals surface area contributed by atoms with Gasteiger partial charge in [0.05, 0.1) is 18.4 Å². The van der Waals surface area contributed by atoms with Crippen molar-refractivity contribution < 1.29 is 14.3 Å². The molecule has 146 valence electrons. The summed E-state index contributed by atoms with van der Waals surface area (Å²) in [6.45, 7) is 0.910. The van der Waals surface area contributed by atoms with Crippen LogP contribution in [0.5, 0.6) is 5.75 Å². The molecule has 2 amide bonds. The Hall–Kier alpha value is -3.80. The molecule has 0 spiro atoms. The second-order valence-corrected chi connectivity index (χ2v) is 6.73. The molecule has 0 saturated carbocycles. The first-order valence-electron chi connectivity index (χ1n) is 9.36. The van der Waals surface area contributed by atoms with Gasteiger partial charge in [-0.2, -0.15) is 0 Å². The molecule has 0 unspecified atom stereocenters. The van der Waals surface area contributed by atoms with Crippen LogP contribution < -0.4 is 20.7 Å². The summed E-state index contributed by atoms with van der Waals surface area (Å²) in [5, 5.41) is 9.03. The van der Waals surface area contributed by atoms with E-state index in [1.807, 2.05) is 18.2 Å². The minimum absolute atomic E-state index is 0.284. The first-order chi connectivity index (χ1) is 14.1. The van der Waals surface area contributed by atoms with E-state index >= 15 is 0 Å². The van der Waals surface area contributed by atoms with E-state index in [-0.39, 0.29) is 11.8 Å². The second kappa shape index (κ2) is 8.06. The summed E-state index contributed by atoms with van der Waals surface area (Å²) < 4.78 is 5.11. The summed E-state index contributed by atoms with van der Waals surface area (Å²) in [5.74, 6) is 0.0911. The molecule has 0 aromatic heterocycles. The number of hydrogen-bond acceptors (Lipinski definition) is 4. The summed E-state index contributed by atoms with van der Waals surface area (Å²) in [6, 6.07) is 19.6. The quantitative estimate of drug-likeness (QED) is 0.614. The standard InChI is InChI=1S/C23H21N3O3/c1-29-18-10-7-16(8-11-18)22(27)26-20-5-3-2-4-19(20)23(28)25-17-9-6-15-12-13-24-21(15)14-17/h2-11,14,24H,12-13H2,1H3,(H,25,28)(H,26,27). The highest BCUT2D eigenvalue weighted by molar-refractivity contribution is 6.12. The van der Waals surface area contributed by atoms with Crippen LogP contribution in [0.3, 0.4) is 0 Å². The Morgan fingerprint density at radius 1 is 0.931 bits per heavy atom. The summed E-state index contributed by atoms with van der Waals surface area (Å²) in [5.41, 5.74) is 4.32. The van der Waals surface area contributed by atoms with Crippen LogP contribution in [-0.4, -0.2) is 25.5 Å². The van der Waals surface area contributed by atoms with Crippen molar-refractivity contribution in [2.45, 2.75) is 6.42 Å². The number of ether oxygens (including phenoxy) is 1. The fourth-order valence-corrected chi connectivity index (χ4v) is 3.29. The van der Waals surface area contributed by atoms with Crippen molar-refractivity contribution in [3.05, 3.63) is 83.4 Å². The van der Waals surface area contributed by atoms with Crippen molar-refractivity contribution in [1.82, 2.24) is 0 Å². The van der Waals surface area contributed by atoms with E-state index in [0.717, 1.165) is 18.7 Å². The lowest BCUT2D eigenvalue weighted by Gasteiger charge is -2.12. The number of carbonyl (C=O) groups is 2. The van der Waals surface area contributed by atoms with Gasteiger partial charge in [0.15, 0.2) is 0 Å². The van der Waals surface area contributed by atoms with E-state index in [0.29, 0.717) is 28.3 Å². The number of rotatable bonds is 5. The maximum Gasteiger partial charge on any atom is 0.257 e. The third-order valence-electron chi connectivity index (χ3n) is 4.85. The van der Waals surface area contributed by atoms with Gasteiger partial charge >= 0.3 is 0 Å². The minimum Gasteiger partial charge on any atom is -0.497 e. The zero-order valence-corrected chi connectivity index (χ0v) is 16.0. The number of methoxy groups -OCH3 is 1. The summed E-state index contributed by atoms with van der Waals surface area (Å²) >= 11 is 0. The lowest BCUT2D eigenvalue weighted by atomic mass is 10.1. The SMILES string of the molecule is COc1ccc(C(=O)Nc2ccccc2C(=O)Nc2ccc3c(c2)NCC3)cc1. The van der Waals surface area contributed by atoms with Crippen molar-refractivity contribution in [2.75, 3.05) is 29.6 Å². The fraction of sp³-hybridized carbons (Fsp3) is 0.130. The molecular weight excluding hydrogens is 366 g/mol. The van der Waals surface area contributed by atoms with Gasteiger partial charge in [0.2, 0.25) is 0 Å². The Morgan fingerprint density at radius 3 is 2.52 bits per heavy atom. The lowest BCUT2D eigenvalue weighted by Crippen LogP contribution is -2.18. The van der Waals surface area contributed by atoms with Crippen LogP contribution in [0.15, 0.2) is 66.7 Å². The monoisotopic (exact) mass is 387 g/mol. The van der Waals surface area contributed by atoms with E-state index in [2.05, 4.69) is 16.0 Å². The zero-order chi connectivity index (χ0) is 20.2. The van der Waals surface area contributed by atoms with Gasteiger partial charge in [0.1, 0.15) is 5.75 Å². The van der Waals surface area contributed by atoms with E-state index < -0.39 is 0 Å². The smallest absolute Gasteiger partial charge is 0.257 e. The molecule has 3 aromatic carbocycles. The van der Waals surface area contributed by atoms with Gasteiger partial charge in [-0.05, 0) is 60.5 Å². The van der Waals surface area contributed by atoms with Crippen molar-refractivity contribution in [2.24, 2.45) is 0 Å². The molecule has 0 aliphatic carbocycles. The Bertz CT molecular complexity index is 1060. The highest BCUT2D eigenvalue weighted by atomic mass is 16.5. The molecule has 29 heavy (non-hydrogen) atoms. The van der Waals surface area contributed by atoms with Gasteiger partial charge < -0.3 is 20.7 Å². The molecule has 0 bridgehead atoms. The molecule has 6 nitrogen and oxygen atoms in total. The normalized spacial score (nSPS) is 11.9. The molecule has 3 N–H and O–H groups in total. The van der Waals surface area contributed by atoms with Gasteiger partial charge in [0.25, 0.3) is 11.8 Å². The zero-order valence-electron chi connectivity index (χ0n) is 16.0. The Balaban J connectivity index is 1.51. The van der Waals surface area contributed by atoms with Crippen molar-refractivity contribution >= 4 is 28.9 Å². The van der Waals surface area contributed by atoms with Gasteiger partial charge in [-0.3, -0.25) is 9.59 Å². The number of benzene rings is 3. The molecule has 0 fully saturated rings. The highest BCUT2D eigenvalue weighted by Crippen LogP contribution is 2.26. The molecule has 1 aliphatic rings. The van der Waals surface area contributed by atoms with E-state index in [1.54, 1.807) is 55.6 Å². The van der Waals surface area contributed by atoms with E-state index in [9.17, 15) is 9.59 Å². The maximum absolute atomic E-state index is 12.8. The number of amides is 2. The Labute approximate surface area is 168 Å². The fourth-order valence-electron chi connectivity index (χ4n) is 3.29. The molecule has 1 aliphatic heterocycles. The molecule has 0 radical (unpaired) electrons. The predicted octanol–water partition coefficient (Wildman–Crippen LogP) is 4.17. The first kappa shape index (κ1) is 18.6. The van der Waals surface area contributed by atoms with Gasteiger partial charge in [-0.25, -0.2) is 0 Å². The molecule has 6 heteroatoms. The molecule has 4 rings (SSSR count). The molecule has 0 atom stereocenters. The van der Waals surface area contributed by atoms with Crippen LogP contribution in [0.25, 0.3) is 0 Å². The number of hydrogen-bond donors (Lipinski definition) is 3. The van der Waals surface area contributed by atoms with Crippen molar-refractivity contribution in [3.8, 4) is 5.75 Å². The van der Waals surface area contributed by atoms with Crippen molar-refractivity contribution in [1.29, 1.82) is 0 Å². The van der Waals surface area contributed by atoms with Crippen LogP contribution in [-0.2, 0) is 6.42 Å². The van der Waals surface area contributed by atoms with Gasteiger partial charge in [-0.1, -0.05) is 18.2 Å². The Kier molecular flexibility index (Phi) is 5.16. The number of carbonyl (C=O) groups excluding carboxylic acids is 2. The topological polar surface area (TPSA) is 79.5 Å². The summed E-state index contributed by atoms with van der Waals surface area (Å²) in [6.07, 6.45) is 0.990. The van der Waals surface area contributed by atoms with Gasteiger partial charge in [-0.15, -0.1) is 0 Å². The number of fused-ring (bicyclic) bond motifs is 1. The summed E-state index contributed by atoms with van der Waals surface area (Å²) in [4.78, 5) is 25.4. The lowest BCUT2D eigenvalue weighted by molar-refractivity contribution is 0.102. The maximum atomic E-state index is 12.8. The molecule has 1 heterocycles. The highest BCUT2D eigenvalue weighted by Gasteiger charge is 2.16. The Morgan fingerprint density at radius 2 is 1.72 bits per heavy atom. The summed E-state index contributed by atoms with van der Waals surface area (Å²) in [7, 11) is 1.57. The van der Waals surface area contributed by atoms with Crippen molar-refractivity contribution in [3.63, 3.8) is 0 Å². The average Bonchev–Trinajstić information content (AvgIpc) is 3.22. The first-order valence-corrected chi connectivity index (χ1v) is 9.36. The predicted molar refractivity (Wildman–Crippen MR) is 114 cm³/mol. The van der Waals surface area contributed by atoms with E-state index in [4.69, 9.17) is 4.74 Å². The largest absolute Gasteiger partial charge is 0.497 e. The van der Waals surface area contributed by atoms with Gasteiger partial charge in [0, 0.05) is 23.5 Å². The third-order valence-corrected chi connectivity index (χ3v) is 4.85.